The molecule has 0 saturated carbocycles. The standard InChI is InChI=1S/C4H10N2O2/c5-3(6)1-2-4(7)8/h3H,1-2,5-6H2,(H,7,8)/p+1. The molecule has 0 amide bonds. The lowest BCUT2D eigenvalue weighted by Gasteiger charge is -1.95. The van der Waals surface area contributed by atoms with Crippen LogP contribution >= 0.6 is 0 Å². The van der Waals surface area contributed by atoms with Crippen molar-refractivity contribution in [3.05, 3.63) is 0 Å². The predicted molar refractivity (Wildman–Crippen MR) is 27.7 cm³/mol. The highest BCUT2D eigenvalue weighted by molar-refractivity contribution is 5.66. The summed E-state index contributed by atoms with van der Waals surface area (Å²) in [5.41, 5.74) is 8.59. The fourth-order valence-corrected chi connectivity index (χ4v) is 0.309. The fraction of sp³-hybridized carbons (Fsp3) is 0.750. The van der Waals surface area contributed by atoms with Crippen LogP contribution < -0.4 is 11.5 Å². The molecule has 0 aromatic rings. The van der Waals surface area contributed by atoms with E-state index in [2.05, 4.69) is 5.73 Å². The minimum Gasteiger partial charge on any atom is -0.481 e. The summed E-state index contributed by atoms with van der Waals surface area (Å²) >= 11 is 0. The molecule has 0 rings (SSSR count). The Bertz CT molecular complexity index is 82.1. The van der Waals surface area contributed by atoms with E-state index in [1.54, 1.807) is 0 Å². The molecule has 48 valence electrons. The number of carboxylic acid groups (broad SMARTS) is 1. The predicted octanol–water partition coefficient (Wildman–Crippen LogP) is -1.62. The fourth-order valence-electron chi connectivity index (χ4n) is 0.309. The summed E-state index contributed by atoms with van der Waals surface area (Å²) in [6, 6.07) is 0. The molecule has 0 aliphatic rings. The number of carboxylic acids is 1. The summed E-state index contributed by atoms with van der Waals surface area (Å²) < 4.78 is 0. The lowest BCUT2D eigenvalue weighted by Crippen LogP contribution is -2.66. The van der Waals surface area contributed by atoms with E-state index in [0.29, 0.717) is 6.42 Å². The van der Waals surface area contributed by atoms with E-state index in [-0.39, 0.29) is 12.6 Å². The maximum atomic E-state index is 9.82. The Morgan fingerprint density at radius 3 is 2.50 bits per heavy atom. The molecule has 1 unspecified atom stereocenters. The zero-order chi connectivity index (χ0) is 6.57. The summed E-state index contributed by atoms with van der Waals surface area (Å²) in [6.45, 7) is 0. The number of aliphatic carboxylic acids is 1. The maximum Gasteiger partial charge on any atom is 0.303 e. The quantitative estimate of drug-likeness (QED) is 0.390. The smallest absolute Gasteiger partial charge is 0.303 e. The summed E-state index contributed by atoms with van der Waals surface area (Å²) in [6.07, 6.45) is 0.325. The second-order valence-corrected chi connectivity index (χ2v) is 1.69. The van der Waals surface area contributed by atoms with Gasteiger partial charge >= 0.3 is 5.97 Å². The van der Waals surface area contributed by atoms with Crippen LogP contribution in [-0.4, -0.2) is 17.2 Å². The van der Waals surface area contributed by atoms with Crippen molar-refractivity contribution in [1.82, 2.24) is 0 Å². The first kappa shape index (κ1) is 7.39. The van der Waals surface area contributed by atoms with Gasteiger partial charge < -0.3 is 10.8 Å². The van der Waals surface area contributed by atoms with Crippen LogP contribution in [0.3, 0.4) is 0 Å². The molecular formula is C4H11N2O2+. The lowest BCUT2D eigenvalue weighted by atomic mass is 10.3. The van der Waals surface area contributed by atoms with Gasteiger partial charge in [0.05, 0.1) is 6.42 Å². The van der Waals surface area contributed by atoms with Crippen LogP contribution in [0.4, 0.5) is 0 Å². The van der Waals surface area contributed by atoms with Gasteiger partial charge in [0, 0.05) is 6.42 Å². The minimum atomic E-state index is -0.816. The van der Waals surface area contributed by atoms with E-state index >= 15 is 0 Å². The minimum absolute atomic E-state index is 0.116. The summed E-state index contributed by atoms with van der Waals surface area (Å²) in [7, 11) is 0. The first-order valence-corrected chi connectivity index (χ1v) is 2.43. The maximum absolute atomic E-state index is 9.82. The number of hydrogen-bond acceptors (Lipinski definition) is 2. The van der Waals surface area contributed by atoms with Gasteiger partial charge in [-0.2, -0.15) is 0 Å². The molecule has 6 N–H and O–H groups in total. The Balaban J connectivity index is 3.05. The molecule has 1 atom stereocenters. The topological polar surface area (TPSA) is 91.0 Å². The Kier molecular flexibility index (Phi) is 3.14. The number of hydrogen-bond donors (Lipinski definition) is 3. The average Bonchev–Trinajstić information content (AvgIpc) is 1.61. The highest BCUT2D eigenvalue weighted by Gasteiger charge is 2.01. The molecule has 8 heavy (non-hydrogen) atoms. The Morgan fingerprint density at radius 1 is 1.88 bits per heavy atom. The molecule has 4 heteroatoms. The van der Waals surface area contributed by atoms with Crippen LogP contribution in [0.15, 0.2) is 0 Å². The number of rotatable bonds is 3. The van der Waals surface area contributed by atoms with Gasteiger partial charge in [0.2, 0.25) is 0 Å². The lowest BCUT2D eigenvalue weighted by molar-refractivity contribution is -0.419. The molecule has 0 aliphatic carbocycles. The van der Waals surface area contributed by atoms with E-state index in [9.17, 15) is 4.79 Å². The van der Waals surface area contributed by atoms with Crippen molar-refractivity contribution in [2.45, 2.75) is 19.0 Å². The van der Waals surface area contributed by atoms with Gasteiger partial charge in [0.25, 0.3) is 0 Å². The van der Waals surface area contributed by atoms with Crippen LogP contribution in [0.5, 0.6) is 0 Å². The molecule has 0 aromatic heterocycles. The highest BCUT2D eigenvalue weighted by Crippen LogP contribution is 1.85. The van der Waals surface area contributed by atoms with Crippen molar-refractivity contribution < 1.29 is 15.6 Å². The highest BCUT2D eigenvalue weighted by atomic mass is 16.4. The number of nitrogens with two attached hydrogens (primary N) is 1. The molecule has 0 saturated heterocycles. The van der Waals surface area contributed by atoms with Crippen LogP contribution in [0.1, 0.15) is 12.8 Å². The number of carbonyl (C=O) groups is 1. The van der Waals surface area contributed by atoms with Crippen molar-refractivity contribution in [2.75, 3.05) is 0 Å². The van der Waals surface area contributed by atoms with Gasteiger partial charge in [0.15, 0.2) is 0 Å². The van der Waals surface area contributed by atoms with E-state index in [4.69, 9.17) is 10.8 Å². The molecule has 0 radical (unpaired) electrons. The first-order chi connectivity index (χ1) is 3.63. The first-order valence-electron chi connectivity index (χ1n) is 2.43. The van der Waals surface area contributed by atoms with Crippen molar-refractivity contribution in [3.63, 3.8) is 0 Å². The van der Waals surface area contributed by atoms with E-state index in [1.165, 1.54) is 0 Å². The van der Waals surface area contributed by atoms with Gasteiger partial charge in [0.1, 0.15) is 6.17 Å². The van der Waals surface area contributed by atoms with Gasteiger partial charge in [-0.05, 0) is 0 Å². The van der Waals surface area contributed by atoms with E-state index in [1.807, 2.05) is 0 Å². The molecule has 0 aliphatic heterocycles. The Morgan fingerprint density at radius 2 is 2.38 bits per heavy atom. The van der Waals surface area contributed by atoms with Crippen LogP contribution in [0.25, 0.3) is 0 Å². The third kappa shape index (κ3) is 5.39. The van der Waals surface area contributed by atoms with Crippen LogP contribution in [0, 0.1) is 0 Å². The zero-order valence-electron chi connectivity index (χ0n) is 4.63. The SMILES string of the molecule is NC([NH3+])CCC(=O)O. The Hall–Kier alpha value is -0.610. The van der Waals surface area contributed by atoms with Gasteiger partial charge in [-0.3, -0.25) is 10.5 Å². The molecule has 0 heterocycles. The summed E-state index contributed by atoms with van der Waals surface area (Å²) in [5.74, 6) is -0.816. The van der Waals surface area contributed by atoms with Gasteiger partial charge in [-0.25, -0.2) is 0 Å². The second-order valence-electron chi connectivity index (χ2n) is 1.69. The molecule has 0 aromatic carbocycles. The third-order valence-electron chi connectivity index (χ3n) is 0.729. The van der Waals surface area contributed by atoms with E-state index in [0.717, 1.165) is 0 Å². The van der Waals surface area contributed by atoms with Crippen molar-refractivity contribution in [1.29, 1.82) is 0 Å². The van der Waals surface area contributed by atoms with Crippen molar-refractivity contribution in [3.8, 4) is 0 Å². The summed E-state index contributed by atoms with van der Waals surface area (Å²) in [4.78, 5) is 9.82. The summed E-state index contributed by atoms with van der Waals surface area (Å²) in [5, 5.41) is 8.08. The molecule has 0 fully saturated rings. The zero-order valence-corrected chi connectivity index (χ0v) is 4.63. The monoisotopic (exact) mass is 119 g/mol. The second kappa shape index (κ2) is 3.40. The Labute approximate surface area is 47.5 Å². The van der Waals surface area contributed by atoms with Crippen molar-refractivity contribution in [2.24, 2.45) is 5.73 Å². The molecule has 0 spiro atoms. The average molecular weight is 119 g/mol. The normalized spacial score (nSPS) is 13.2. The number of quaternary nitrogens is 1. The largest absolute Gasteiger partial charge is 0.481 e. The van der Waals surface area contributed by atoms with Crippen LogP contribution in [-0.2, 0) is 4.79 Å². The third-order valence-corrected chi connectivity index (χ3v) is 0.729. The van der Waals surface area contributed by atoms with Gasteiger partial charge in [-0.15, -0.1) is 0 Å². The van der Waals surface area contributed by atoms with Crippen LogP contribution in [0.2, 0.25) is 0 Å². The molecular weight excluding hydrogens is 108 g/mol. The van der Waals surface area contributed by atoms with Crippen molar-refractivity contribution >= 4 is 5.97 Å². The molecule has 4 nitrogen and oxygen atoms in total. The molecule has 0 bridgehead atoms. The van der Waals surface area contributed by atoms with Gasteiger partial charge in [-0.1, -0.05) is 0 Å². The van der Waals surface area contributed by atoms with E-state index < -0.39 is 5.97 Å².